The van der Waals surface area contributed by atoms with Gasteiger partial charge in [-0.05, 0) is 42.3 Å². The number of aromatic nitrogens is 2. The number of pyridine rings is 1. The molecule has 0 saturated heterocycles. The number of aryl methyl sites for hydroxylation is 1. The van der Waals surface area contributed by atoms with Crippen LogP contribution in [-0.2, 0) is 11.2 Å². The Hall–Kier alpha value is -2.60. The first-order valence-electron chi connectivity index (χ1n) is 7.11. The van der Waals surface area contributed by atoms with Crippen LogP contribution in [0.1, 0.15) is 12.0 Å². The van der Waals surface area contributed by atoms with E-state index in [0.717, 1.165) is 16.8 Å². The molecule has 1 amide bonds. The van der Waals surface area contributed by atoms with E-state index >= 15 is 0 Å². The van der Waals surface area contributed by atoms with E-state index in [-0.39, 0.29) is 11.7 Å². The van der Waals surface area contributed by atoms with Gasteiger partial charge in [0, 0.05) is 29.8 Å². The van der Waals surface area contributed by atoms with Crippen LogP contribution in [0.5, 0.6) is 0 Å². The molecule has 1 N–H and O–H groups in total. The molecule has 6 heteroatoms. The van der Waals surface area contributed by atoms with Crippen LogP contribution in [0, 0.1) is 5.82 Å². The zero-order valence-corrected chi connectivity index (χ0v) is 13.0. The molecule has 0 unspecified atom stereocenters. The van der Waals surface area contributed by atoms with Gasteiger partial charge in [-0.25, -0.2) is 9.37 Å². The van der Waals surface area contributed by atoms with Gasteiger partial charge >= 0.3 is 0 Å². The predicted octanol–water partition coefficient (Wildman–Crippen LogP) is 3.92. The molecule has 0 aliphatic heterocycles. The highest BCUT2D eigenvalue weighted by atomic mass is 32.1. The van der Waals surface area contributed by atoms with Gasteiger partial charge in [0.05, 0.1) is 5.69 Å². The monoisotopic (exact) mass is 327 g/mol. The van der Waals surface area contributed by atoms with Crippen LogP contribution >= 0.6 is 11.3 Å². The zero-order valence-electron chi connectivity index (χ0n) is 12.2. The average molecular weight is 327 g/mol. The van der Waals surface area contributed by atoms with Gasteiger partial charge in [-0.3, -0.25) is 9.78 Å². The zero-order chi connectivity index (χ0) is 16.1. The Bertz CT molecular complexity index is 787. The fourth-order valence-electron chi connectivity index (χ4n) is 2.07. The molecule has 2 aromatic heterocycles. The molecule has 0 fully saturated rings. The lowest BCUT2D eigenvalue weighted by molar-refractivity contribution is -0.116. The van der Waals surface area contributed by atoms with Gasteiger partial charge in [0.25, 0.3) is 0 Å². The summed E-state index contributed by atoms with van der Waals surface area (Å²) in [6, 6.07) is 9.90. The number of amides is 1. The second-order valence-electron chi connectivity index (χ2n) is 4.95. The van der Waals surface area contributed by atoms with Crippen LogP contribution in [0.3, 0.4) is 0 Å². The number of rotatable bonds is 5. The molecule has 23 heavy (non-hydrogen) atoms. The van der Waals surface area contributed by atoms with Crippen LogP contribution in [0.4, 0.5) is 9.52 Å². The maximum atomic E-state index is 12.9. The number of hydrogen-bond donors (Lipinski definition) is 1. The van der Waals surface area contributed by atoms with Gasteiger partial charge in [-0.15, -0.1) is 11.3 Å². The molecule has 2 heterocycles. The Labute approximate surface area is 137 Å². The summed E-state index contributed by atoms with van der Waals surface area (Å²) in [6.45, 7) is 0. The molecular formula is C17H14FN3OS. The first kappa shape index (κ1) is 15.3. The molecule has 3 rings (SSSR count). The van der Waals surface area contributed by atoms with Crippen molar-refractivity contribution in [2.75, 3.05) is 5.32 Å². The summed E-state index contributed by atoms with van der Waals surface area (Å²) in [7, 11) is 0. The van der Waals surface area contributed by atoms with Gasteiger partial charge in [0.1, 0.15) is 5.82 Å². The fraction of sp³-hybridized carbons (Fsp3) is 0.118. The third-order valence-electron chi connectivity index (χ3n) is 3.25. The number of carbonyl (C=O) groups is 1. The van der Waals surface area contributed by atoms with Crippen molar-refractivity contribution in [1.82, 2.24) is 9.97 Å². The first-order valence-corrected chi connectivity index (χ1v) is 7.99. The van der Waals surface area contributed by atoms with Crippen molar-refractivity contribution in [1.29, 1.82) is 0 Å². The molecule has 0 bridgehead atoms. The van der Waals surface area contributed by atoms with Crippen molar-refractivity contribution < 1.29 is 9.18 Å². The van der Waals surface area contributed by atoms with E-state index in [0.29, 0.717) is 18.0 Å². The van der Waals surface area contributed by atoms with Crippen molar-refractivity contribution in [2.24, 2.45) is 0 Å². The summed E-state index contributed by atoms with van der Waals surface area (Å²) < 4.78 is 12.9. The molecule has 3 aromatic rings. The fourth-order valence-corrected chi connectivity index (χ4v) is 2.81. The first-order chi connectivity index (χ1) is 11.2. The average Bonchev–Trinajstić information content (AvgIpc) is 3.03. The Kier molecular flexibility index (Phi) is 4.73. The number of nitrogens with one attached hydrogen (secondary N) is 1. The summed E-state index contributed by atoms with van der Waals surface area (Å²) in [4.78, 5) is 20.3. The second-order valence-corrected chi connectivity index (χ2v) is 5.81. The van der Waals surface area contributed by atoms with E-state index in [1.54, 1.807) is 24.5 Å². The number of thiazole rings is 1. The lowest BCUT2D eigenvalue weighted by Gasteiger charge is -2.02. The number of nitrogens with zero attached hydrogens (tertiary/aromatic N) is 2. The Morgan fingerprint density at radius 1 is 1.22 bits per heavy atom. The molecule has 4 nitrogen and oxygen atoms in total. The predicted molar refractivity (Wildman–Crippen MR) is 88.7 cm³/mol. The third kappa shape index (κ3) is 4.20. The summed E-state index contributed by atoms with van der Waals surface area (Å²) in [6.07, 6.45) is 4.46. The van der Waals surface area contributed by atoms with Crippen LogP contribution in [0.2, 0.25) is 0 Å². The number of hydrogen-bond acceptors (Lipinski definition) is 4. The molecule has 0 aliphatic rings. The topological polar surface area (TPSA) is 54.9 Å². The van der Waals surface area contributed by atoms with Crippen molar-refractivity contribution >= 4 is 22.4 Å². The van der Waals surface area contributed by atoms with Gasteiger partial charge < -0.3 is 5.32 Å². The molecule has 0 saturated carbocycles. The lowest BCUT2D eigenvalue weighted by atomic mass is 10.1. The summed E-state index contributed by atoms with van der Waals surface area (Å²) in [5, 5.41) is 5.17. The number of carbonyl (C=O) groups excluding carboxylic acids is 1. The minimum atomic E-state index is -0.284. The maximum absolute atomic E-state index is 12.9. The summed E-state index contributed by atoms with van der Waals surface area (Å²) in [5.74, 6) is -0.373. The third-order valence-corrected chi connectivity index (χ3v) is 4.01. The van der Waals surface area contributed by atoms with Crippen molar-refractivity contribution in [3.8, 4) is 11.3 Å². The normalized spacial score (nSPS) is 10.5. The van der Waals surface area contributed by atoms with Gasteiger partial charge in [0.15, 0.2) is 5.13 Å². The molecular weight excluding hydrogens is 313 g/mol. The smallest absolute Gasteiger partial charge is 0.226 e. The van der Waals surface area contributed by atoms with Gasteiger partial charge in [0.2, 0.25) is 5.91 Å². The van der Waals surface area contributed by atoms with Crippen LogP contribution < -0.4 is 5.32 Å². The van der Waals surface area contributed by atoms with Gasteiger partial charge in [-0.2, -0.15) is 0 Å². The number of halogens is 1. The van der Waals surface area contributed by atoms with E-state index in [2.05, 4.69) is 15.3 Å². The quantitative estimate of drug-likeness (QED) is 0.773. The SMILES string of the molecule is O=C(CCc1cccnc1)Nc1nc(-c2ccc(F)cc2)cs1. The minimum absolute atomic E-state index is 0.0890. The van der Waals surface area contributed by atoms with E-state index in [1.807, 2.05) is 17.5 Å². The highest BCUT2D eigenvalue weighted by molar-refractivity contribution is 7.14. The van der Waals surface area contributed by atoms with Crippen molar-refractivity contribution in [3.63, 3.8) is 0 Å². The minimum Gasteiger partial charge on any atom is -0.302 e. The highest BCUT2D eigenvalue weighted by Crippen LogP contribution is 2.25. The van der Waals surface area contributed by atoms with Gasteiger partial charge in [-0.1, -0.05) is 6.07 Å². The molecule has 0 aliphatic carbocycles. The number of anilines is 1. The molecule has 1 aromatic carbocycles. The maximum Gasteiger partial charge on any atom is 0.226 e. The Morgan fingerprint density at radius 2 is 2.04 bits per heavy atom. The van der Waals surface area contributed by atoms with E-state index in [1.165, 1.54) is 23.5 Å². The molecule has 0 spiro atoms. The summed E-state index contributed by atoms with van der Waals surface area (Å²) in [5.41, 5.74) is 2.56. The lowest BCUT2D eigenvalue weighted by Crippen LogP contribution is -2.12. The molecule has 0 radical (unpaired) electrons. The summed E-state index contributed by atoms with van der Waals surface area (Å²) >= 11 is 1.35. The second kappa shape index (κ2) is 7.11. The molecule has 116 valence electrons. The largest absolute Gasteiger partial charge is 0.302 e. The van der Waals surface area contributed by atoms with Crippen LogP contribution in [0.15, 0.2) is 54.2 Å². The van der Waals surface area contributed by atoms with E-state index < -0.39 is 0 Å². The van der Waals surface area contributed by atoms with Crippen LogP contribution in [-0.4, -0.2) is 15.9 Å². The van der Waals surface area contributed by atoms with E-state index in [4.69, 9.17) is 0 Å². The standard InChI is InChI=1S/C17H14FN3OS/c18-14-6-4-13(5-7-14)15-11-23-17(20-15)21-16(22)8-3-12-2-1-9-19-10-12/h1-2,4-7,9-11H,3,8H2,(H,20,21,22). The highest BCUT2D eigenvalue weighted by Gasteiger charge is 2.08. The Morgan fingerprint density at radius 3 is 2.78 bits per heavy atom. The Balaban J connectivity index is 1.58. The van der Waals surface area contributed by atoms with Crippen molar-refractivity contribution in [3.05, 3.63) is 65.6 Å². The number of benzene rings is 1. The van der Waals surface area contributed by atoms with Crippen LogP contribution in [0.25, 0.3) is 11.3 Å². The molecule has 0 atom stereocenters. The van der Waals surface area contributed by atoms with Crippen molar-refractivity contribution in [2.45, 2.75) is 12.8 Å². The van der Waals surface area contributed by atoms with E-state index in [9.17, 15) is 9.18 Å².